The van der Waals surface area contributed by atoms with Crippen molar-refractivity contribution in [2.45, 2.75) is 38.2 Å². The van der Waals surface area contributed by atoms with Crippen LogP contribution >= 0.6 is 0 Å². The molecule has 4 fully saturated rings. The fourth-order valence-corrected chi connectivity index (χ4v) is 4.67. The van der Waals surface area contributed by atoms with Crippen molar-refractivity contribution >= 4 is 5.97 Å². The van der Waals surface area contributed by atoms with Gasteiger partial charge in [0.25, 0.3) is 6.01 Å². The number of carboxylic acid groups (broad SMARTS) is 1. The summed E-state index contributed by atoms with van der Waals surface area (Å²) in [6.45, 7) is 0. The zero-order valence-electron chi connectivity index (χ0n) is 10.7. The van der Waals surface area contributed by atoms with Crippen LogP contribution in [0.5, 0.6) is 6.01 Å². The maximum atomic E-state index is 10.8. The number of nitrogens with one attached hydrogen (secondary N) is 1. The van der Waals surface area contributed by atoms with Gasteiger partial charge < -0.3 is 14.8 Å². The topological polar surface area (TPSA) is 75.2 Å². The molecular formula is C14H18N2O3. The molecule has 0 amide bonds. The molecular weight excluding hydrogens is 244 g/mol. The molecule has 2 N–H and O–H groups in total. The molecule has 1 aromatic rings. The number of hydrogen-bond donors (Lipinski definition) is 2. The van der Waals surface area contributed by atoms with Gasteiger partial charge >= 0.3 is 5.97 Å². The Kier molecular flexibility index (Phi) is 2.37. The molecule has 1 heterocycles. The molecule has 1 aromatic heterocycles. The average molecular weight is 262 g/mol. The van der Waals surface area contributed by atoms with E-state index < -0.39 is 5.97 Å². The van der Waals surface area contributed by atoms with Crippen molar-refractivity contribution in [1.29, 1.82) is 0 Å². The Morgan fingerprint density at radius 2 is 1.84 bits per heavy atom. The van der Waals surface area contributed by atoms with Crippen molar-refractivity contribution in [3.8, 4) is 6.01 Å². The summed E-state index contributed by atoms with van der Waals surface area (Å²) in [7, 11) is 0. The predicted octanol–water partition coefficient (Wildman–Crippen LogP) is 2.31. The van der Waals surface area contributed by atoms with Crippen molar-refractivity contribution in [1.82, 2.24) is 9.97 Å². The fourth-order valence-electron chi connectivity index (χ4n) is 4.67. The van der Waals surface area contributed by atoms with Gasteiger partial charge in [-0.2, -0.15) is 0 Å². The standard InChI is InChI=1S/C14H18N2O3/c17-13(18)11-6-15-14(16-11)19-12-9-2-7-1-8(4-9)5-10(12)3-7/h6-10,12H,1-5H2,(H,15,16)(H,17,18). The number of nitrogens with zero attached hydrogens (tertiary/aromatic N) is 1. The summed E-state index contributed by atoms with van der Waals surface area (Å²) >= 11 is 0. The van der Waals surface area contributed by atoms with E-state index in [4.69, 9.17) is 9.84 Å². The van der Waals surface area contributed by atoms with E-state index in [2.05, 4.69) is 9.97 Å². The Morgan fingerprint density at radius 3 is 2.37 bits per heavy atom. The molecule has 5 rings (SSSR count). The summed E-state index contributed by atoms with van der Waals surface area (Å²) < 4.78 is 5.99. The summed E-state index contributed by atoms with van der Waals surface area (Å²) in [6.07, 6.45) is 8.11. The molecule has 0 unspecified atom stereocenters. The number of aromatic amines is 1. The normalized spacial score (nSPS) is 39.5. The zero-order valence-corrected chi connectivity index (χ0v) is 10.7. The molecule has 4 aliphatic rings. The van der Waals surface area contributed by atoms with Gasteiger partial charge in [-0.3, -0.25) is 0 Å². The van der Waals surface area contributed by atoms with E-state index in [1.807, 2.05) is 0 Å². The second-order valence-electron chi connectivity index (χ2n) is 6.42. The highest BCUT2D eigenvalue weighted by molar-refractivity contribution is 5.85. The molecule has 5 nitrogen and oxygen atoms in total. The van der Waals surface area contributed by atoms with Crippen LogP contribution < -0.4 is 4.74 Å². The van der Waals surface area contributed by atoms with Crippen LogP contribution in [0.4, 0.5) is 0 Å². The molecule has 0 spiro atoms. The van der Waals surface area contributed by atoms with E-state index in [-0.39, 0.29) is 11.8 Å². The lowest BCUT2D eigenvalue weighted by molar-refractivity contribution is -0.0819. The predicted molar refractivity (Wildman–Crippen MR) is 67.0 cm³/mol. The maximum absolute atomic E-state index is 10.8. The van der Waals surface area contributed by atoms with Crippen molar-refractivity contribution in [3.63, 3.8) is 0 Å². The van der Waals surface area contributed by atoms with Crippen LogP contribution in [0.1, 0.15) is 42.6 Å². The minimum absolute atomic E-state index is 0.0961. The Bertz CT molecular complexity index is 483. The van der Waals surface area contributed by atoms with Crippen LogP contribution in [0.2, 0.25) is 0 Å². The van der Waals surface area contributed by atoms with E-state index in [0.29, 0.717) is 17.8 Å². The first kappa shape index (κ1) is 11.3. The largest absolute Gasteiger partial charge is 0.477 e. The third-order valence-electron chi connectivity index (χ3n) is 5.17. The summed E-state index contributed by atoms with van der Waals surface area (Å²) in [5.74, 6) is 2.12. The summed E-state index contributed by atoms with van der Waals surface area (Å²) in [5, 5.41) is 8.88. The Balaban J connectivity index is 1.51. The van der Waals surface area contributed by atoms with Crippen molar-refractivity contribution in [3.05, 3.63) is 11.9 Å². The van der Waals surface area contributed by atoms with Gasteiger partial charge in [-0.05, 0) is 55.8 Å². The molecule has 102 valence electrons. The summed E-state index contributed by atoms with van der Waals surface area (Å²) in [5.41, 5.74) is 0.0961. The number of aromatic nitrogens is 2. The van der Waals surface area contributed by atoms with Gasteiger partial charge in [0.05, 0.1) is 6.20 Å². The molecule has 4 saturated carbocycles. The van der Waals surface area contributed by atoms with Crippen LogP contribution in [-0.4, -0.2) is 27.1 Å². The molecule has 5 heteroatoms. The van der Waals surface area contributed by atoms with Crippen LogP contribution in [0, 0.1) is 23.7 Å². The first-order valence-corrected chi connectivity index (χ1v) is 7.14. The van der Waals surface area contributed by atoms with Gasteiger partial charge in [-0.1, -0.05) is 0 Å². The minimum atomic E-state index is -0.993. The number of ether oxygens (including phenoxy) is 1. The monoisotopic (exact) mass is 262 g/mol. The quantitative estimate of drug-likeness (QED) is 0.876. The molecule has 0 atom stereocenters. The van der Waals surface area contributed by atoms with Crippen LogP contribution in [0.3, 0.4) is 0 Å². The van der Waals surface area contributed by atoms with E-state index in [0.717, 1.165) is 11.8 Å². The van der Waals surface area contributed by atoms with E-state index in [1.165, 1.54) is 38.3 Å². The molecule has 0 aromatic carbocycles. The highest BCUT2D eigenvalue weighted by atomic mass is 16.5. The fraction of sp³-hybridized carbons (Fsp3) is 0.714. The summed E-state index contributed by atoms with van der Waals surface area (Å²) in [6, 6.07) is 0.370. The van der Waals surface area contributed by atoms with Crippen LogP contribution in [0.25, 0.3) is 0 Å². The highest BCUT2D eigenvalue weighted by Crippen LogP contribution is 2.54. The number of aromatic carboxylic acids is 1. The van der Waals surface area contributed by atoms with Gasteiger partial charge in [0.15, 0.2) is 0 Å². The Morgan fingerprint density at radius 1 is 1.21 bits per heavy atom. The number of hydrogen-bond acceptors (Lipinski definition) is 3. The maximum Gasteiger partial charge on any atom is 0.354 e. The molecule has 4 aliphatic carbocycles. The minimum Gasteiger partial charge on any atom is -0.477 e. The molecule has 0 aliphatic heterocycles. The van der Waals surface area contributed by atoms with Gasteiger partial charge in [0.2, 0.25) is 0 Å². The van der Waals surface area contributed by atoms with Gasteiger partial charge in [0.1, 0.15) is 11.8 Å². The second-order valence-corrected chi connectivity index (χ2v) is 6.42. The molecule has 0 saturated heterocycles. The Labute approximate surface area is 111 Å². The number of carbonyl (C=O) groups is 1. The second kappa shape index (κ2) is 3.99. The van der Waals surface area contributed by atoms with E-state index in [9.17, 15) is 4.79 Å². The van der Waals surface area contributed by atoms with Crippen LogP contribution in [-0.2, 0) is 0 Å². The Hall–Kier alpha value is -1.52. The van der Waals surface area contributed by atoms with Gasteiger partial charge in [-0.25, -0.2) is 9.78 Å². The lowest BCUT2D eigenvalue weighted by Crippen LogP contribution is -2.50. The number of imidazole rings is 1. The average Bonchev–Trinajstić information content (AvgIpc) is 2.81. The lowest BCUT2D eigenvalue weighted by atomic mass is 9.55. The van der Waals surface area contributed by atoms with Gasteiger partial charge in [0, 0.05) is 0 Å². The third kappa shape index (κ3) is 1.83. The van der Waals surface area contributed by atoms with E-state index >= 15 is 0 Å². The smallest absolute Gasteiger partial charge is 0.354 e. The molecule has 19 heavy (non-hydrogen) atoms. The third-order valence-corrected chi connectivity index (χ3v) is 5.17. The van der Waals surface area contributed by atoms with Crippen molar-refractivity contribution < 1.29 is 14.6 Å². The number of rotatable bonds is 3. The first-order valence-electron chi connectivity index (χ1n) is 7.14. The number of carboxylic acids is 1. The SMILES string of the molecule is O=C(O)c1cnc(OC2C3CC4CC(C3)CC2C4)[nH]1. The number of H-pyrrole nitrogens is 1. The van der Waals surface area contributed by atoms with Crippen molar-refractivity contribution in [2.24, 2.45) is 23.7 Å². The lowest BCUT2D eigenvalue weighted by Gasteiger charge is -2.53. The highest BCUT2D eigenvalue weighted by Gasteiger charge is 2.49. The van der Waals surface area contributed by atoms with E-state index in [1.54, 1.807) is 0 Å². The summed E-state index contributed by atoms with van der Waals surface area (Å²) in [4.78, 5) is 17.6. The molecule has 4 bridgehead atoms. The van der Waals surface area contributed by atoms with Crippen molar-refractivity contribution in [2.75, 3.05) is 0 Å². The zero-order chi connectivity index (χ0) is 13.0. The van der Waals surface area contributed by atoms with Gasteiger partial charge in [-0.15, -0.1) is 0 Å². The first-order chi connectivity index (χ1) is 9.19. The van der Waals surface area contributed by atoms with Crippen LogP contribution in [0.15, 0.2) is 6.20 Å². The molecule has 0 radical (unpaired) electrons.